The van der Waals surface area contributed by atoms with Crippen LogP contribution in [0.25, 0.3) is 0 Å². The van der Waals surface area contributed by atoms with E-state index in [4.69, 9.17) is 4.74 Å². The fourth-order valence-electron chi connectivity index (χ4n) is 2.62. The van der Waals surface area contributed by atoms with Crippen LogP contribution in [0.15, 0.2) is 5.10 Å². The molecule has 1 atom stereocenters. The standard InChI is InChI=1S/C12H20N4O4/c1-2-11(17)15-6-3-5-14(12(15)13-16(18)19)8-10-4-7-20-9-10/h10H,2-9H2,1H3. The summed E-state index contributed by atoms with van der Waals surface area (Å²) in [6.45, 7) is 4.99. The highest BCUT2D eigenvalue weighted by Crippen LogP contribution is 2.18. The Morgan fingerprint density at radius 2 is 2.35 bits per heavy atom. The number of carbonyl (C=O) groups is 1. The van der Waals surface area contributed by atoms with Crippen molar-refractivity contribution in [3.63, 3.8) is 0 Å². The van der Waals surface area contributed by atoms with Gasteiger partial charge >= 0.3 is 0 Å². The highest BCUT2D eigenvalue weighted by molar-refractivity contribution is 5.97. The van der Waals surface area contributed by atoms with Crippen molar-refractivity contribution in [3.8, 4) is 0 Å². The zero-order valence-corrected chi connectivity index (χ0v) is 11.7. The molecule has 0 N–H and O–H groups in total. The molecule has 0 aromatic heterocycles. The first-order chi connectivity index (χ1) is 9.61. The van der Waals surface area contributed by atoms with Gasteiger partial charge in [-0.1, -0.05) is 6.92 Å². The van der Waals surface area contributed by atoms with Crippen LogP contribution >= 0.6 is 0 Å². The predicted molar refractivity (Wildman–Crippen MR) is 71.5 cm³/mol. The molecule has 0 radical (unpaired) electrons. The number of amides is 1. The lowest BCUT2D eigenvalue weighted by Crippen LogP contribution is -2.54. The smallest absolute Gasteiger partial charge is 0.280 e. The van der Waals surface area contributed by atoms with E-state index in [0.29, 0.717) is 38.6 Å². The Morgan fingerprint density at radius 3 is 2.95 bits per heavy atom. The summed E-state index contributed by atoms with van der Waals surface area (Å²) in [5, 5.41) is 13.4. The first kappa shape index (κ1) is 14.7. The third-order valence-corrected chi connectivity index (χ3v) is 3.61. The molecule has 0 saturated carbocycles. The average Bonchev–Trinajstić information content (AvgIpc) is 2.92. The summed E-state index contributed by atoms with van der Waals surface area (Å²) < 4.78 is 5.33. The number of hydrazone groups is 1. The lowest BCUT2D eigenvalue weighted by Gasteiger charge is -2.36. The Kier molecular flexibility index (Phi) is 4.89. The molecule has 0 aromatic carbocycles. The van der Waals surface area contributed by atoms with Crippen LogP contribution in [0.5, 0.6) is 0 Å². The zero-order chi connectivity index (χ0) is 14.5. The van der Waals surface area contributed by atoms with E-state index >= 15 is 0 Å². The second-order valence-corrected chi connectivity index (χ2v) is 5.07. The van der Waals surface area contributed by atoms with Crippen LogP contribution in [0.2, 0.25) is 0 Å². The van der Waals surface area contributed by atoms with Crippen LogP contribution in [0, 0.1) is 16.0 Å². The number of hydrogen-bond donors (Lipinski definition) is 0. The number of carbonyl (C=O) groups excluding carboxylic acids is 1. The predicted octanol–water partition coefficient (Wildman–Crippen LogP) is 0.515. The third kappa shape index (κ3) is 3.44. The monoisotopic (exact) mass is 284 g/mol. The largest absolute Gasteiger partial charge is 0.381 e. The lowest BCUT2D eigenvalue weighted by molar-refractivity contribution is -0.486. The van der Waals surface area contributed by atoms with Crippen LogP contribution in [0.1, 0.15) is 26.2 Å². The van der Waals surface area contributed by atoms with Crippen LogP contribution in [0.4, 0.5) is 0 Å². The lowest BCUT2D eigenvalue weighted by atomic mass is 10.1. The highest BCUT2D eigenvalue weighted by atomic mass is 16.7. The topological polar surface area (TPSA) is 88.3 Å². The molecule has 2 saturated heterocycles. The first-order valence-corrected chi connectivity index (χ1v) is 6.98. The SMILES string of the molecule is CCC(=O)N1CCCN(CC2CCOC2)C1=N[N+](=O)[O-]. The van der Waals surface area contributed by atoms with Crippen molar-refractivity contribution in [2.45, 2.75) is 26.2 Å². The minimum atomic E-state index is -0.727. The van der Waals surface area contributed by atoms with Gasteiger partial charge in [-0.25, -0.2) is 10.1 Å². The van der Waals surface area contributed by atoms with Gasteiger partial charge in [-0.05, 0) is 12.8 Å². The van der Waals surface area contributed by atoms with E-state index in [1.54, 1.807) is 6.92 Å². The molecule has 2 fully saturated rings. The zero-order valence-electron chi connectivity index (χ0n) is 11.7. The van der Waals surface area contributed by atoms with E-state index in [1.165, 1.54) is 4.90 Å². The number of hydrogen-bond acceptors (Lipinski definition) is 4. The van der Waals surface area contributed by atoms with Gasteiger partial charge in [-0.3, -0.25) is 9.69 Å². The molecule has 112 valence electrons. The Morgan fingerprint density at radius 1 is 1.55 bits per heavy atom. The van der Waals surface area contributed by atoms with Gasteiger partial charge in [0.15, 0.2) is 5.03 Å². The second kappa shape index (κ2) is 6.65. The van der Waals surface area contributed by atoms with E-state index in [0.717, 1.165) is 19.4 Å². The van der Waals surface area contributed by atoms with Crippen molar-refractivity contribution < 1.29 is 14.6 Å². The average molecular weight is 284 g/mol. The van der Waals surface area contributed by atoms with Gasteiger partial charge in [-0.15, -0.1) is 0 Å². The minimum absolute atomic E-state index is 0.127. The van der Waals surface area contributed by atoms with Crippen LogP contribution in [-0.4, -0.2) is 59.5 Å². The Bertz CT molecular complexity index is 406. The second-order valence-electron chi connectivity index (χ2n) is 5.07. The maximum atomic E-state index is 11.9. The summed E-state index contributed by atoms with van der Waals surface area (Å²) in [5.41, 5.74) is 0. The summed E-state index contributed by atoms with van der Waals surface area (Å²) in [6.07, 6.45) is 2.07. The number of nitrogens with zero attached hydrogens (tertiary/aromatic N) is 4. The molecule has 0 aromatic rings. The van der Waals surface area contributed by atoms with Gasteiger partial charge in [0.25, 0.3) is 5.96 Å². The van der Waals surface area contributed by atoms with E-state index < -0.39 is 5.03 Å². The molecule has 2 aliphatic rings. The van der Waals surface area contributed by atoms with Gasteiger partial charge in [0.05, 0.1) is 6.61 Å². The number of rotatable bonds is 4. The quantitative estimate of drug-likeness (QED) is 0.554. The fraction of sp³-hybridized carbons (Fsp3) is 0.833. The van der Waals surface area contributed by atoms with E-state index in [9.17, 15) is 14.9 Å². The maximum absolute atomic E-state index is 11.9. The molecular weight excluding hydrogens is 264 g/mol. The van der Waals surface area contributed by atoms with Crippen molar-refractivity contribution in [1.29, 1.82) is 0 Å². The molecule has 1 amide bonds. The Hall–Kier alpha value is -1.70. The van der Waals surface area contributed by atoms with Crippen molar-refractivity contribution in [3.05, 3.63) is 10.1 Å². The van der Waals surface area contributed by atoms with E-state index in [-0.39, 0.29) is 11.9 Å². The third-order valence-electron chi connectivity index (χ3n) is 3.61. The van der Waals surface area contributed by atoms with E-state index in [1.807, 2.05) is 4.90 Å². The molecule has 2 heterocycles. The van der Waals surface area contributed by atoms with Crippen molar-refractivity contribution in [2.75, 3.05) is 32.8 Å². The summed E-state index contributed by atoms with van der Waals surface area (Å²) in [4.78, 5) is 25.9. The molecule has 2 rings (SSSR count). The minimum Gasteiger partial charge on any atom is -0.381 e. The molecule has 0 spiro atoms. The van der Waals surface area contributed by atoms with Crippen LogP contribution < -0.4 is 0 Å². The Balaban J connectivity index is 2.14. The summed E-state index contributed by atoms with van der Waals surface area (Å²) >= 11 is 0. The first-order valence-electron chi connectivity index (χ1n) is 6.98. The van der Waals surface area contributed by atoms with Crippen LogP contribution in [0.3, 0.4) is 0 Å². The molecule has 2 aliphatic heterocycles. The highest BCUT2D eigenvalue weighted by Gasteiger charge is 2.32. The van der Waals surface area contributed by atoms with Gasteiger partial charge in [0, 0.05) is 38.6 Å². The van der Waals surface area contributed by atoms with Gasteiger partial charge in [-0.2, -0.15) is 0 Å². The molecule has 0 aliphatic carbocycles. The van der Waals surface area contributed by atoms with Crippen molar-refractivity contribution >= 4 is 11.9 Å². The number of ether oxygens (including phenoxy) is 1. The molecule has 20 heavy (non-hydrogen) atoms. The Labute approximate surface area is 117 Å². The molecule has 1 unspecified atom stereocenters. The molecule has 0 bridgehead atoms. The summed E-state index contributed by atoms with van der Waals surface area (Å²) in [5.74, 6) is 0.404. The number of guanidine groups is 1. The fourth-order valence-corrected chi connectivity index (χ4v) is 2.62. The van der Waals surface area contributed by atoms with Gasteiger partial charge in [0.1, 0.15) is 5.10 Å². The summed E-state index contributed by atoms with van der Waals surface area (Å²) in [7, 11) is 0. The molecular formula is C12H20N4O4. The van der Waals surface area contributed by atoms with E-state index in [2.05, 4.69) is 5.10 Å². The molecule has 8 nitrogen and oxygen atoms in total. The van der Waals surface area contributed by atoms with Gasteiger partial charge in [0.2, 0.25) is 5.91 Å². The molecule has 8 heteroatoms. The summed E-state index contributed by atoms with van der Waals surface area (Å²) in [6, 6.07) is 0. The van der Waals surface area contributed by atoms with Gasteiger partial charge < -0.3 is 9.64 Å². The van der Waals surface area contributed by atoms with Crippen molar-refractivity contribution in [1.82, 2.24) is 9.80 Å². The number of nitro groups is 1. The maximum Gasteiger partial charge on any atom is 0.280 e. The van der Waals surface area contributed by atoms with Crippen molar-refractivity contribution in [2.24, 2.45) is 11.0 Å². The van der Waals surface area contributed by atoms with Crippen LogP contribution in [-0.2, 0) is 9.53 Å². The normalized spacial score (nSPS) is 25.2.